The van der Waals surface area contributed by atoms with Gasteiger partial charge >= 0.3 is 11.7 Å². The summed E-state index contributed by atoms with van der Waals surface area (Å²) in [7, 11) is 0. The summed E-state index contributed by atoms with van der Waals surface area (Å²) in [5.41, 5.74) is -1.83. The number of H-pyrrole nitrogens is 1. The number of hydrogen-bond acceptors (Lipinski definition) is 6. The Bertz CT molecular complexity index is 844. The molecule has 0 bridgehead atoms. The lowest BCUT2D eigenvalue weighted by Crippen LogP contribution is -2.35. The molecule has 0 saturated carbocycles. The number of aliphatic hydroxyl groups excluding tert-OH is 1. The maximum atomic E-state index is 13.6. The molecule has 1 aromatic heterocycles. The molecule has 0 amide bonds. The summed E-state index contributed by atoms with van der Waals surface area (Å²) in [5, 5.41) is 8.96. The summed E-state index contributed by atoms with van der Waals surface area (Å²) in [6.07, 6.45) is -0.528. The standard InChI is InChI=1S/C15H15FN2O6/c1-9(20)24-12-5-3-2-4-10(12)14(23-7-6-19)18-8-11(16)13(21)17-15(18)22/h2-5,8,14,19H,6-7H2,1H3,(H,17,21,22). The van der Waals surface area contributed by atoms with E-state index in [-0.39, 0.29) is 24.5 Å². The van der Waals surface area contributed by atoms with Crippen molar-refractivity contribution < 1.29 is 23.8 Å². The monoisotopic (exact) mass is 338 g/mol. The van der Waals surface area contributed by atoms with E-state index in [1.807, 2.05) is 4.98 Å². The SMILES string of the molecule is CC(=O)Oc1ccccc1C(OCCO)n1cc(F)c(=O)[nH]c1=O. The molecule has 1 aromatic carbocycles. The second-order valence-corrected chi connectivity index (χ2v) is 4.72. The normalized spacial score (nSPS) is 12.0. The fraction of sp³-hybridized carbons (Fsp3) is 0.267. The molecule has 0 aliphatic heterocycles. The first-order chi connectivity index (χ1) is 11.4. The van der Waals surface area contributed by atoms with Crippen molar-refractivity contribution >= 4 is 5.97 Å². The van der Waals surface area contributed by atoms with Crippen molar-refractivity contribution in [3.63, 3.8) is 0 Å². The summed E-state index contributed by atoms with van der Waals surface area (Å²) in [6, 6.07) is 6.18. The molecule has 0 radical (unpaired) electrons. The van der Waals surface area contributed by atoms with Crippen molar-refractivity contribution in [3.8, 4) is 5.75 Å². The number of aromatic nitrogens is 2. The third-order valence-corrected chi connectivity index (χ3v) is 2.98. The number of nitrogens with one attached hydrogen (secondary N) is 1. The molecular formula is C15H15FN2O6. The van der Waals surface area contributed by atoms with Crippen LogP contribution in [0.15, 0.2) is 40.1 Å². The largest absolute Gasteiger partial charge is 0.426 e. The molecule has 2 N–H and O–H groups in total. The highest BCUT2D eigenvalue weighted by molar-refractivity contribution is 5.69. The Hall–Kier alpha value is -2.78. The van der Waals surface area contributed by atoms with Gasteiger partial charge in [-0.1, -0.05) is 18.2 Å². The van der Waals surface area contributed by atoms with Gasteiger partial charge in [-0.25, -0.2) is 4.79 Å². The topological polar surface area (TPSA) is 111 Å². The maximum absolute atomic E-state index is 13.6. The molecule has 0 aliphatic rings. The van der Waals surface area contributed by atoms with Crippen LogP contribution in [0.3, 0.4) is 0 Å². The molecule has 0 saturated heterocycles. The lowest BCUT2D eigenvalue weighted by molar-refractivity contribution is -0.132. The van der Waals surface area contributed by atoms with Crippen molar-refractivity contribution in [3.05, 3.63) is 62.7 Å². The summed E-state index contributed by atoms with van der Waals surface area (Å²) >= 11 is 0. The van der Waals surface area contributed by atoms with Crippen LogP contribution in [0.25, 0.3) is 0 Å². The maximum Gasteiger partial charge on any atom is 0.330 e. The van der Waals surface area contributed by atoms with Gasteiger partial charge in [-0.2, -0.15) is 4.39 Å². The van der Waals surface area contributed by atoms with Crippen molar-refractivity contribution in [1.82, 2.24) is 9.55 Å². The molecule has 0 spiro atoms. The number of aromatic amines is 1. The van der Waals surface area contributed by atoms with Crippen LogP contribution < -0.4 is 16.0 Å². The van der Waals surface area contributed by atoms with E-state index in [2.05, 4.69) is 0 Å². The molecule has 9 heteroatoms. The number of hydrogen-bond donors (Lipinski definition) is 2. The van der Waals surface area contributed by atoms with Crippen molar-refractivity contribution in [2.45, 2.75) is 13.2 Å². The minimum absolute atomic E-state index is 0.103. The second kappa shape index (κ2) is 7.66. The zero-order valence-corrected chi connectivity index (χ0v) is 12.7. The van der Waals surface area contributed by atoms with E-state index in [1.165, 1.54) is 19.1 Å². The number of carbonyl (C=O) groups excluding carboxylic acids is 1. The van der Waals surface area contributed by atoms with E-state index >= 15 is 0 Å². The van der Waals surface area contributed by atoms with Gasteiger partial charge in [-0.15, -0.1) is 0 Å². The molecule has 2 rings (SSSR count). The first kappa shape index (κ1) is 17.6. The van der Waals surface area contributed by atoms with Gasteiger partial charge in [0.2, 0.25) is 5.82 Å². The molecule has 128 valence electrons. The summed E-state index contributed by atoms with van der Waals surface area (Å²) in [5.74, 6) is -1.67. The van der Waals surface area contributed by atoms with Gasteiger partial charge in [0.25, 0.3) is 5.56 Å². The predicted molar refractivity (Wildman–Crippen MR) is 80.2 cm³/mol. The Labute approximate surface area is 135 Å². The number of esters is 1. The number of carbonyl (C=O) groups is 1. The minimum Gasteiger partial charge on any atom is -0.426 e. The van der Waals surface area contributed by atoms with E-state index in [9.17, 15) is 18.8 Å². The number of halogens is 1. The fourth-order valence-corrected chi connectivity index (χ4v) is 2.05. The lowest BCUT2D eigenvalue weighted by Gasteiger charge is -2.22. The fourth-order valence-electron chi connectivity index (χ4n) is 2.05. The number of benzene rings is 1. The number of nitrogens with zero attached hydrogens (tertiary/aromatic N) is 1. The summed E-state index contributed by atoms with van der Waals surface area (Å²) < 4.78 is 24.8. The zero-order chi connectivity index (χ0) is 17.7. The van der Waals surface area contributed by atoms with Crippen LogP contribution in [0.5, 0.6) is 5.75 Å². The summed E-state index contributed by atoms with van der Waals surface area (Å²) in [4.78, 5) is 36.2. The molecule has 8 nitrogen and oxygen atoms in total. The van der Waals surface area contributed by atoms with Crippen LogP contribution >= 0.6 is 0 Å². The highest BCUT2D eigenvalue weighted by Gasteiger charge is 2.22. The average Bonchev–Trinajstić information content (AvgIpc) is 2.53. The molecule has 0 aliphatic carbocycles. The number of para-hydroxylation sites is 1. The average molecular weight is 338 g/mol. The molecule has 2 aromatic rings. The van der Waals surface area contributed by atoms with Crippen LogP contribution in [0, 0.1) is 5.82 Å². The quantitative estimate of drug-likeness (QED) is 0.573. The molecule has 24 heavy (non-hydrogen) atoms. The number of rotatable bonds is 6. The summed E-state index contributed by atoms with van der Waals surface area (Å²) in [6.45, 7) is 0.672. The third-order valence-electron chi connectivity index (χ3n) is 2.98. The van der Waals surface area contributed by atoms with Gasteiger partial charge in [0, 0.05) is 12.5 Å². The highest BCUT2D eigenvalue weighted by atomic mass is 19.1. The first-order valence-corrected chi connectivity index (χ1v) is 6.94. The lowest BCUT2D eigenvalue weighted by atomic mass is 10.1. The van der Waals surface area contributed by atoms with E-state index in [0.29, 0.717) is 6.20 Å². The van der Waals surface area contributed by atoms with Crippen LogP contribution in [0.4, 0.5) is 4.39 Å². The van der Waals surface area contributed by atoms with E-state index in [0.717, 1.165) is 4.57 Å². The number of aliphatic hydroxyl groups is 1. The van der Waals surface area contributed by atoms with Crippen molar-refractivity contribution in [1.29, 1.82) is 0 Å². The molecule has 0 fully saturated rings. The van der Waals surface area contributed by atoms with Crippen LogP contribution in [-0.2, 0) is 9.53 Å². The predicted octanol–water partition coefficient (Wildman–Crippen LogP) is 0.157. The van der Waals surface area contributed by atoms with Crippen molar-refractivity contribution in [2.75, 3.05) is 13.2 Å². The van der Waals surface area contributed by atoms with Gasteiger partial charge < -0.3 is 14.6 Å². The first-order valence-electron chi connectivity index (χ1n) is 6.94. The zero-order valence-electron chi connectivity index (χ0n) is 12.7. The van der Waals surface area contributed by atoms with Crippen LogP contribution in [-0.4, -0.2) is 33.8 Å². The third kappa shape index (κ3) is 3.94. The molecule has 1 atom stereocenters. The smallest absolute Gasteiger partial charge is 0.330 e. The van der Waals surface area contributed by atoms with Gasteiger partial charge in [0.15, 0.2) is 6.23 Å². The Morgan fingerprint density at radius 2 is 2.08 bits per heavy atom. The number of ether oxygens (including phenoxy) is 2. The van der Waals surface area contributed by atoms with E-state index in [4.69, 9.17) is 14.6 Å². The Morgan fingerprint density at radius 3 is 2.75 bits per heavy atom. The Morgan fingerprint density at radius 1 is 1.38 bits per heavy atom. The molecule has 1 unspecified atom stereocenters. The van der Waals surface area contributed by atoms with Crippen LogP contribution in [0.2, 0.25) is 0 Å². The molecule has 1 heterocycles. The van der Waals surface area contributed by atoms with E-state index < -0.39 is 29.3 Å². The Balaban J connectivity index is 2.58. The molecular weight excluding hydrogens is 323 g/mol. The Kier molecular flexibility index (Phi) is 5.61. The van der Waals surface area contributed by atoms with Gasteiger partial charge in [-0.3, -0.25) is 19.1 Å². The van der Waals surface area contributed by atoms with Gasteiger partial charge in [0.1, 0.15) is 5.75 Å². The van der Waals surface area contributed by atoms with Gasteiger partial charge in [0.05, 0.1) is 19.4 Å². The van der Waals surface area contributed by atoms with Gasteiger partial charge in [-0.05, 0) is 6.07 Å². The highest BCUT2D eigenvalue weighted by Crippen LogP contribution is 2.28. The minimum atomic E-state index is -1.22. The van der Waals surface area contributed by atoms with Crippen molar-refractivity contribution in [2.24, 2.45) is 0 Å². The van der Waals surface area contributed by atoms with E-state index in [1.54, 1.807) is 12.1 Å². The van der Waals surface area contributed by atoms with Crippen LogP contribution in [0.1, 0.15) is 18.7 Å². The second-order valence-electron chi connectivity index (χ2n) is 4.72.